The molecule has 0 radical (unpaired) electrons. The van der Waals surface area contributed by atoms with Gasteiger partial charge in [-0.25, -0.2) is 9.78 Å². The fourth-order valence-electron chi connectivity index (χ4n) is 2.76. The number of fused-ring (bicyclic) bond motifs is 1. The van der Waals surface area contributed by atoms with E-state index in [1.54, 1.807) is 13.0 Å². The number of nitriles is 1. The van der Waals surface area contributed by atoms with Crippen molar-refractivity contribution in [1.82, 2.24) is 4.98 Å². The monoisotopic (exact) mass is 322 g/mol. The zero-order chi connectivity index (χ0) is 16.7. The van der Waals surface area contributed by atoms with Crippen molar-refractivity contribution < 1.29 is 9.90 Å². The lowest BCUT2D eigenvalue weighted by Crippen LogP contribution is -1.94. The molecule has 3 rings (SSSR count). The van der Waals surface area contributed by atoms with Gasteiger partial charge in [-0.1, -0.05) is 17.7 Å². The van der Waals surface area contributed by atoms with Crippen LogP contribution in [-0.4, -0.2) is 16.1 Å². The molecule has 3 aromatic rings. The molecule has 0 aliphatic carbocycles. The van der Waals surface area contributed by atoms with E-state index in [0.717, 1.165) is 38.8 Å². The van der Waals surface area contributed by atoms with Gasteiger partial charge in [0, 0.05) is 10.9 Å². The van der Waals surface area contributed by atoms with Crippen molar-refractivity contribution in [1.29, 1.82) is 5.26 Å². The van der Waals surface area contributed by atoms with E-state index in [4.69, 9.17) is 0 Å². The van der Waals surface area contributed by atoms with Gasteiger partial charge in [0.1, 0.15) is 9.88 Å². The molecule has 1 heterocycles. The van der Waals surface area contributed by atoms with E-state index < -0.39 is 5.97 Å². The summed E-state index contributed by atoms with van der Waals surface area (Å²) in [5.41, 5.74) is 4.05. The molecule has 0 aliphatic rings. The Balaban J connectivity index is 2.29. The Hall–Kier alpha value is -2.71. The van der Waals surface area contributed by atoms with Gasteiger partial charge in [0.05, 0.1) is 17.3 Å². The number of aryl methyl sites for hydroxylation is 3. The third-order valence-electron chi connectivity index (χ3n) is 3.78. The quantitative estimate of drug-likeness (QED) is 0.756. The Morgan fingerprint density at radius 2 is 1.91 bits per heavy atom. The maximum absolute atomic E-state index is 11.2. The number of aromatic nitrogens is 1. The van der Waals surface area contributed by atoms with Crippen molar-refractivity contribution in [3.8, 4) is 16.6 Å². The number of hydrogen-bond donors (Lipinski definition) is 1. The minimum Gasteiger partial charge on any atom is -0.477 e. The van der Waals surface area contributed by atoms with Crippen molar-refractivity contribution in [3.63, 3.8) is 0 Å². The zero-order valence-electron chi connectivity index (χ0n) is 13.0. The molecule has 0 saturated heterocycles. The Morgan fingerprint density at radius 1 is 1.17 bits per heavy atom. The van der Waals surface area contributed by atoms with Gasteiger partial charge in [-0.15, -0.1) is 11.3 Å². The number of rotatable bonds is 2. The maximum Gasteiger partial charge on any atom is 0.347 e. The molecule has 5 heteroatoms. The van der Waals surface area contributed by atoms with Gasteiger partial charge in [-0.2, -0.15) is 5.26 Å². The lowest BCUT2D eigenvalue weighted by atomic mass is 9.96. The molecule has 0 atom stereocenters. The Morgan fingerprint density at radius 3 is 2.52 bits per heavy atom. The molecule has 0 amide bonds. The summed E-state index contributed by atoms with van der Waals surface area (Å²) in [6, 6.07) is 10.1. The van der Waals surface area contributed by atoms with E-state index >= 15 is 0 Å². The number of benzene rings is 2. The van der Waals surface area contributed by atoms with Crippen LogP contribution in [0.3, 0.4) is 0 Å². The van der Waals surface area contributed by atoms with Gasteiger partial charge in [0.15, 0.2) is 0 Å². The van der Waals surface area contributed by atoms with Crippen molar-refractivity contribution in [2.75, 3.05) is 0 Å². The van der Waals surface area contributed by atoms with E-state index in [2.05, 4.69) is 17.1 Å². The standard InChI is InChI=1S/C18H14N2O2S/c1-9-4-10(2)14-7-12(6-13(8-19)15(14)5-9)17-20-11(3)16(23-17)18(21)22/h4-7H,1-3H3,(H,21,22). The predicted octanol–water partition coefficient (Wildman–Crippen LogP) is 4.46. The molecule has 0 spiro atoms. The summed E-state index contributed by atoms with van der Waals surface area (Å²) in [7, 11) is 0. The smallest absolute Gasteiger partial charge is 0.347 e. The van der Waals surface area contributed by atoms with E-state index in [1.165, 1.54) is 0 Å². The van der Waals surface area contributed by atoms with Crippen molar-refractivity contribution in [2.24, 2.45) is 0 Å². The summed E-state index contributed by atoms with van der Waals surface area (Å²) in [6.07, 6.45) is 0. The van der Waals surface area contributed by atoms with Gasteiger partial charge >= 0.3 is 5.97 Å². The van der Waals surface area contributed by atoms with Crippen LogP contribution in [0.4, 0.5) is 0 Å². The molecule has 1 N–H and O–H groups in total. The Kier molecular flexibility index (Phi) is 3.63. The first-order chi connectivity index (χ1) is 10.9. The predicted molar refractivity (Wildman–Crippen MR) is 90.9 cm³/mol. The second kappa shape index (κ2) is 5.49. The van der Waals surface area contributed by atoms with Gasteiger partial charge in [0.25, 0.3) is 0 Å². The average molecular weight is 322 g/mol. The highest BCUT2D eigenvalue weighted by molar-refractivity contribution is 7.17. The normalized spacial score (nSPS) is 10.7. The van der Waals surface area contributed by atoms with Gasteiger partial charge < -0.3 is 5.11 Å². The molecule has 2 aromatic carbocycles. The van der Waals surface area contributed by atoms with Crippen LogP contribution >= 0.6 is 11.3 Å². The van der Waals surface area contributed by atoms with Crippen LogP contribution in [0.1, 0.15) is 32.1 Å². The van der Waals surface area contributed by atoms with Gasteiger partial charge in [0.2, 0.25) is 0 Å². The molecule has 114 valence electrons. The van der Waals surface area contributed by atoms with E-state index in [1.807, 2.05) is 26.0 Å². The molecular formula is C18H14N2O2S. The number of carboxylic acid groups (broad SMARTS) is 1. The molecule has 0 aliphatic heterocycles. The first-order valence-electron chi connectivity index (χ1n) is 7.07. The van der Waals surface area contributed by atoms with Crippen LogP contribution in [0.15, 0.2) is 24.3 Å². The van der Waals surface area contributed by atoms with Crippen molar-refractivity contribution >= 4 is 28.1 Å². The van der Waals surface area contributed by atoms with Crippen molar-refractivity contribution in [3.05, 3.63) is 51.5 Å². The minimum absolute atomic E-state index is 0.235. The third kappa shape index (κ3) is 2.58. The topological polar surface area (TPSA) is 74.0 Å². The Labute approximate surface area is 137 Å². The number of hydrogen-bond acceptors (Lipinski definition) is 4. The largest absolute Gasteiger partial charge is 0.477 e. The minimum atomic E-state index is -0.973. The highest BCUT2D eigenvalue weighted by Crippen LogP contribution is 2.33. The first-order valence-corrected chi connectivity index (χ1v) is 7.88. The molecule has 0 fully saturated rings. The van der Waals surface area contributed by atoms with E-state index in [-0.39, 0.29) is 4.88 Å². The summed E-state index contributed by atoms with van der Waals surface area (Å²) in [6.45, 7) is 5.70. The SMILES string of the molecule is Cc1cc(C)c2cc(-c3nc(C)c(C(=O)O)s3)cc(C#N)c2c1. The zero-order valence-corrected chi connectivity index (χ0v) is 13.8. The fourth-order valence-corrected chi connectivity index (χ4v) is 3.65. The summed E-state index contributed by atoms with van der Waals surface area (Å²) in [4.78, 5) is 15.8. The molecule has 23 heavy (non-hydrogen) atoms. The van der Waals surface area contributed by atoms with Crippen LogP contribution in [0.25, 0.3) is 21.3 Å². The van der Waals surface area contributed by atoms with Gasteiger partial charge in [-0.05, 0) is 43.9 Å². The summed E-state index contributed by atoms with van der Waals surface area (Å²) in [5.74, 6) is -0.973. The number of carbonyl (C=O) groups is 1. The molecule has 0 unspecified atom stereocenters. The Bertz CT molecular complexity index is 996. The van der Waals surface area contributed by atoms with Crippen LogP contribution in [0.2, 0.25) is 0 Å². The highest BCUT2D eigenvalue weighted by atomic mass is 32.1. The van der Waals surface area contributed by atoms with Crippen LogP contribution < -0.4 is 0 Å². The number of carboxylic acids is 1. The van der Waals surface area contributed by atoms with E-state index in [9.17, 15) is 15.2 Å². The van der Waals surface area contributed by atoms with E-state index in [0.29, 0.717) is 16.3 Å². The van der Waals surface area contributed by atoms with Crippen LogP contribution in [0.5, 0.6) is 0 Å². The van der Waals surface area contributed by atoms with Crippen LogP contribution in [0, 0.1) is 32.1 Å². The number of aromatic carboxylic acids is 1. The highest BCUT2D eigenvalue weighted by Gasteiger charge is 2.16. The summed E-state index contributed by atoms with van der Waals surface area (Å²) >= 11 is 1.14. The molecule has 1 aromatic heterocycles. The average Bonchev–Trinajstić information content (AvgIpc) is 2.88. The molecular weight excluding hydrogens is 308 g/mol. The van der Waals surface area contributed by atoms with Crippen LogP contribution in [-0.2, 0) is 0 Å². The molecule has 0 saturated carbocycles. The first kappa shape index (κ1) is 15.2. The number of nitrogens with zero attached hydrogens (tertiary/aromatic N) is 2. The van der Waals surface area contributed by atoms with Crippen molar-refractivity contribution in [2.45, 2.75) is 20.8 Å². The fraction of sp³-hybridized carbons (Fsp3) is 0.167. The second-order valence-corrected chi connectivity index (χ2v) is 6.55. The maximum atomic E-state index is 11.2. The lowest BCUT2D eigenvalue weighted by Gasteiger charge is -2.08. The molecule has 4 nitrogen and oxygen atoms in total. The number of thiazole rings is 1. The molecule has 0 bridgehead atoms. The third-order valence-corrected chi connectivity index (χ3v) is 4.97. The van der Waals surface area contributed by atoms with Gasteiger partial charge in [-0.3, -0.25) is 0 Å². The second-order valence-electron chi connectivity index (χ2n) is 5.55. The lowest BCUT2D eigenvalue weighted by molar-refractivity contribution is 0.0701. The summed E-state index contributed by atoms with van der Waals surface area (Å²) in [5, 5.41) is 21.2. The summed E-state index contributed by atoms with van der Waals surface area (Å²) < 4.78 is 0.